The lowest BCUT2D eigenvalue weighted by Crippen LogP contribution is -1.98. The van der Waals surface area contributed by atoms with Gasteiger partial charge in [-0.05, 0) is 42.5 Å². The molecule has 0 amide bonds. The third-order valence-corrected chi connectivity index (χ3v) is 3.21. The lowest BCUT2D eigenvalue weighted by atomic mass is 10.2. The van der Waals surface area contributed by atoms with Crippen molar-refractivity contribution in [1.29, 1.82) is 0 Å². The first-order valence-electron chi connectivity index (χ1n) is 5.69. The van der Waals surface area contributed by atoms with Gasteiger partial charge in [0.15, 0.2) is 10.6 Å². The highest BCUT2D eigenvalue weighted by molar-refractivity contribution is 7.71. The number of nitrogens with zero attached hydrogens (tertiary/aromatic N) is 3. The van der Waals surface area contributed by atoms with Gasteiger partial charge >= 0.3 is 0 Å². The van der Waals surface area contributed by atoms with Gasteiger partial charge in [0, 0.05) is 23.0 Å². The Morgan fingerprint density at radius 1 is 1.20 bits per heavy atom. The third kappa shape index (κ3) is 2.35. The highest BCUT2D eigenvalue weighted by Crippen LogP contribution is 2.23. The predicted molar refractivity (Wildman–Crippen MR) is 76.9 cm³/mol. The molecule has 2 aromatic heterocycles. The monoisotopic (exact) mass is 306 g/mol. The first-order chi connectivity index (χ1) is 9.65. The first kappa shape index (κ1) is 13.0. The van der Waals surface area contributed by atoms with Crippen LogP contribution in [0.2, 0.25) is 5.02 Å². The fraction of sp³-hybridized carbons (Fsp3) is 0. The van der Waals surface area contributed by atoms with E-state index in [2.05, 4.69) is 15.2 Å². The molecule has 0 fully saturated rings. The Morgan fingerprint density at radius 2 is 1.95 bits per heavy atom. The molecular weight excluding hydrogens is 299 g/mol. The van der Waals surface area contributed by atoms with Crippen molar-refractivity contribution in [3.63, 3.8) is 0 Å². The molecule has 0 spiro atoms. The van der Waals surface area contributed by atoms with Crippen LogP contribution in [0.3, 0.4) is 0 Å². The van der Waals surface area contributed by atoms with Gasteiger partial charge in [0.05, 0.1) is 5.69 Å². The summed E-state index contributed by atoms with van der Waals surface area (Å²) in [6.07, 6.45) is 3.30. The van der Waals surface area contributed by atoms with Crippen LogP contribution in [0.5, 0.6) is 0 Å². The molecule has 3 aromatic rings. The molecule has 1 N–H and O–H groups in total. The molecule has 0 unspecified atom stereocenters. The molecule has 7 heteroatoms. The number of rotatable bonds is 2. The first-order valence-corrected chi connectivity index (χ1v) is 6.48. The SMILES string of the molecule is Fc1cc(Cl)cc(-n2c(-c3ccncc3)n[nH]c2=S)c1. The molecule has 20 heavy (non-hydrogen) atoms. The van der Waals surface area contributed by atoms with Crippen molar-refractivity contribution in [3.05, 3.63) is 58.3 Å². The number of aromatic nitrogens is 4. The number of pyridine rings is 1. The van der Waals surface area contributed by atoms with E-state index < -0.39 is 5.82 Å². The lowest BCUT2D eigenvalue weighted by molar-refractivity contribution is 0.626. The molecule has 0 radical (unpaired) electrons. The van der Waals surface area contributed by atoms with E-state index in [1.807, 2.05) is 0 Å². The Kier molecular flexibility index (Phi) is 3.33. The fourth-order valence-electron chi connectivity index (χ4n) is 1.90. The van der Waals surface area contributed by atoms with Crippen molar-refractivity contribution in [3.8, 4) is 17.1 Å². The summed E-state index contributed by atoms with van der Waals surface area (Å²) in [5.41, 5.74) is 1.33. The summed E-state index contributed by atoms with van der Waals surface area (Å²) in [7, 11) is 0. The Balaban J connectivity index is 2.24. The van der Waals surface area contributed by atoms with Crippen molar-refractivity contribution in [2.75, 3.05) is 0 Å². The molecule has 1 aromatic carbocycles. The molecule has 0 aliphatic rings. The highest BCUT2D eigenvalue weighted by Gasteiger charge is 2.12. The summed E-state index contributed by atoms with van der Waals surface area (Å²) in [5.74, 6) is 0.135. The number of aromatic amines is 1. The maximum atomic E-state index is 13.5. The zero-order chi connectivity index (χ0) is 14.1. The van der Waals surface area contributed by atoms with E-state index in [1.54, 1.807) is 35.2 Å². The van der Waals surface area contributed by atoms with E-state index >= 15 is 0 Å². The molecule has 0 bridgehead atoms. The normalized spacial score (nSPS) is 10.7. The second kappa shape index (κ2) is 5.15. The van der Waals surface area contributed by atoms with Crippen LogP contribution in [-0.4, -0.2) is 19.7 Å². The van der Waals surface area contributed by atoms with Crippen molar-refractivity contribution in [2.45, 2.75) is 0 Å². The molecule has 0 aliphatic heterocycles. The van der Waals surface area contributed by atoms with E-state index in [0.29, 0.717) is 21.3 Å². The topological polar surface area (TPSA) is 46.5 Å². The predicted octanol–water partition coefficient (Wildman–Crippen LogP) is 3.78. The Labute approximate surface area is 123 Å². The van der Waals surface area contributed by atoms with Crippen LogP contribution in [0.25, 0.3) is 17.1 Å². The molecule has 2 heterocycles. The zero-order valence-electron chi connectivity index (χ0n) is 10.0. The number of halogens is 2. The fourth-order valence-corrected chi connectivity index (χ4v) is 2.35. The van der Waals surface area contributed by atoms with Gasteiger partial charge in [0.25, 0.3) is 0 Å². The Morgan fingerprint density at radius 3 is 2.65 bits per heavy atom. The summed E-state index contributed by atoms with van der Waals surface area (Å²) in [4.78, 5) is 3.95. The average Bonchev–Trinajstić information content (AvgIpc) is 2.80. The molecule has 0 aliphatic carbocycles. The second-order valence-electron chi connectivity index (χ2n) is 4.05. The van der Waals surface area contributed by atoms with E-state index in [0.717, 1.165) is 5.56 Å². The molecule has 4 nitrogen and oxygen atoms in total. The van der Waals surface area contributed by atoms with E-state index in [1.165, 1.54) is 12.1 Å². The van der Waals surface area contributed by atoms with Crippen LogP contribution in [0.4, 0.5) is 4.39 Å². The van der Waals surface area contributed by atoms with Crippen LogP contribution >= 0.6 is 23.8 Å². The summed E-state index contributed by atoms with van der Waals surface area (Å²) < 4.78 is 15.5. The molecule has 0 atom stereocenters. The largest absolute Gasteiger partial charge is 0.268 e. The van der Waals surface area contributed by atoms with Gasteiger partial charge in [-0.15, -0.1) is 0 Å². The quantitative estimate of drug-likeness (QED) is 0.733. The second-order valence-corrected chi connectivity index (χ2v) is 4.87. The number of H-pyrrole nitrogens is 1. The number of nitrogens with one attached hydrogen (secondary N) is 1. The summed E-state index contributed by atoms with van der Waals surface area (Å²) in [5, 5.41) is 7.17. The van der Waals surface area contributed by atoms with Crippen LogP contribution in [-0.2, 0) is 0 Å². The number of hydrogen-bond donors (Lipinski definition) is 1. The standard InChI is InChI=1S/C13H8ClFN4S/c14-9-5-10(15)7-11(6-9)19-12(17-18-13(19)20)8-1-3-16-4-2-8/h1-7H,(H,18,20). The van der Waals surface area contributed by atoms with Crippen LogP contribution in [0.15, 0.2) is 42.7 Å². The van der Waals surface area contributed by atoms with Crippen molar-refractivity contribution >= 4 is 23.8 Å². The highest BCUT2D eigenvalue weighted by atomic mass is 35.5. The molecular formula is C13H8ClFN4S. The van der Waals surface area contributed by atoms with Gasteiger partial charge in [-0.2, -0.15) is 5.10 Å². The third-order valence-electron chi connectivity index (χ3n) is 2.72. The summed E-state index contributed by atoms with van der Waals surface area (Å²) in [6.45, 7) is 0. The summed E-state index contributed by atoms with van der Waals surface area (Å²) >= 11 is 11.1. The van der Waals surface area contributed by atoms with Gasteiger partial charge in [0.2, 0.25) is 0 Å². The van der Waals surface area contributed by atoms with Crippen LogP contribution in [0, 0.1) is 10.6 Å². The van der Waals surface area contributed by atoms with Gasteiger partial charge in [-0.25, -0.2) is 4.39 Å². The van der Waals surface area contributed by atoms with Gasteiger partial charge in [-0.1, -0.05) is 11.6 Å². The minimum atomic E-state index is -0.434. The maximum Gasteiger partial charge on any atom is 0.200 e. The Hall–Kier alpha value is -2.05. The van der Waals surface area contributed by atoms with Gasteiger partial charge in [-0.3, -0.25) is 14.6 Å². The van der Waals surface area contributed by atoms with E-state index in [4.69, 9.17) is 23.8 Å². The number of benzene rings is 1. The smallest absolute Gasteiger partial charge is 0.200 e. The van der Waals surface area contributed by atoms with E-state index in [-0.39, 0.29) is 0 Å². The van der Waals surface area contributed by atoms with Crippen LogP contribution in [0.1, 0.15) is 0 Å². The zero-order valence-corrected chi connectivity index (χ0v) is 11.6. The maximum absolute atomic E-state index is 13.5. The minimum absolute atomic E-state index is 0.295. The van der Waals surface area contributed by atoms with E-state index in [9.17, 15) is 4.39 Å². The molecule has 0 saturated heterocycles. The van der Waals surface area contributed by atoms with Crippen molar-refractivity contribution in [2.24, 2.45) is 0 Å². The lowest BCUT2D eigenvalue weighted by Gasteiger charge is -2.07. The molecule has 100 valence electrons. The van der Waals surface area contributed by atoms with Crippen molar-refractivity contribution < 1.29 is 4.39 Å². The minimum Gasteiger partial charge on any atom is -0.268 e. The molecule has 0 saturated carbocycles. The van der Waals surface area contributed by atoms with Crippen molar-refractivity contribution in [1.82, 2.24) is 19.7 Å². The average molecular weight is 307 g/mol. The van der Waals surface area contributed by atoms with Gasteiger partial charge in [0.1, 0.15) is 5.82 Å². The van der Waals surface area contributed by atoms with Gasteiger partial charge < -0.3 is 0 Å². The molecule has 3 rings (SSSR count). The Bertz CT molecular complexity index is 792. The summed E-state index contributed by atoms with van der Waals surface area (Å²) in [6, 6.07) is 7.80. The number of hydrogen-bond acceptors (Lipinski definition) is 3. The van der Waals surface area contributed by atoms with Crippen LogP contribution < -0.4 is 0 Å².